The standard InChI is InChI=1S/C22H31N3O3S/c1-3-23-22(25-16-14-20-12-7-8-13-21(20)28-2)24-15-9-17-29(26,27)18-19-10-5-4-6-11-19/h4-8,10-13H,3,9,14-18H2,1-2H3,(H2,23,24,25). The largest absolute Gasteiger partial charge is 0.496 e. The van der Waals surface area contributed by atoms with E-state index in [2.05, 4.69) is 15.6 Å². The zero-order valence-electron chi connectivity index (χ0n) is 17.2. The van der Waals surface area contributed by atoms with E-state index in [4.69, 9.17) is 4.74 Å². The van der Waals surface area contributed by atoms with Gasteiger partial charge in [-0.15, -0.1) is 0 Å². The molecule has 2 aromatic rings. The van der Waals surface area contributed by atoms with Crippen LogP contribution in [0.4, 0.5) is 0 Å². The molecule has 2 aromatic carbocycles. The van der Waals surface area contributed by atoms with Gasteiger partial charge in [-0.25, -0.2) is 8.42 Å². The maximum atomic E-state index is 12.3. The molecule has 6 nitrogen and oxygen atoms in total. The lowest BCUT2D eigenvalue weighted by molar-refractivity contribution is 0.409. The van der Waals surface area contributed by atoms with Gasteiger partial charge in [0.15, 0.2) is 15.8 Å². The van der Waals surface area contributed by atoms with Gasteiger partial charge in [0, 0.05) is 19.6 Å². The molecule has 2 N–H and O–H groups in total. The Balaban J connectivity index is 1.79. The average molecular weight is 418 g/mol. The molecule has 0 radical (unpaired) electrons. The number of aliphatic imine (C=N–C) groups is 1. The summed E-state index contributed by atoms with van der Waals surface area (Å²) in [6, 6.07) is 17.2. The van der Waals surface area contributed by atoms with Crippen molar-refractivity contribution >= 4 is 15.8 Å². The van der Waals surface area contributed by atoms with Gasteiger partial charge in [0.25, 0.3) is 0 Å². The maximum absolute atomic E-state index is 12.3. The molecule has 29 heavy (non-hydrogen) atoms. The van der Waals surface area contributed by atoms with Gasteiger partial charge in [-0.2, -0.15) is 0 Å². The summed E-state index contributed by atoms with van der Waals surface area (Å²) in [6.45, 7) is 3.91. The summed E-state index contributed by atoms with van der Waals surface area (Å²) in [5.74, 6) is 1.78. The smallest absolute Gasteiger partial charge is 0.191 e. The van der Waals surface area contributed by atoms with Gasteiger partial charge < -0.3 is 15.4 Å². The fourth-order valence-corrected chi connectivity index (χ4v) is 4.36. The minimum atomic E-state index is -3.13. The lowest BCUT2D eigenvalue weighted by atomic mass is 10.1. The molecule has 0 bridgehead atoms. The van der Waals surface area contributed by atoms with E-state index < -0.39 is 9.84 Å². The Hall–Kier alpha value is -2.54. The molecule has 0 saturated heterocycles. The molecular formula is C22H31N3O3S. The van der Waals surface area contributed by atoms with Crippen molar-refractivity contribution in [2.75, 3.05) is 32.5 Å². The molecule has 0 aliphatic heterocycles. The quantitative estimate of drug-likeness (QED) is 0.334. The van der Waals surface area contributed by atoms with Crippen molar-refractivity contribution in [3.63, 3.8) is 0 Å². The van der Waals surface area contributed by atoms with E-state index in [1.165, 1.54) is 0 Å². The highest BCUT2D eigenvalue weighted by molar-refractivity contribution is 7.90. The second kappa shape index (κ2) is 12.1. The summed E-state index contributed by atoms with van der Waals surface area (Å²) in [4.78, 5) is 4.50. The first-order valence-electron chi connectivity index (χ1n) is 9.92. The zero-order valence-corrected chi connectivity index (χ0v) is 18.0. The molecule has 0 heterocycles. The molecule has 0 fully saturated rings. The van der Waals surface area contributed by atoms with E-state index in [-0.39, 0.29) is 11.5 Å². The highest BCUT2D eigenvalue weighted by Gasteiger charge is 2.11. The third-order valence-corrected chi connectivity index (χ3v) is 6.02. The zero-order chi connectivity index (χ0) is 21.0. The normalized spacial score (nSPS) is 11.9. The molecule has 7 heteroatoms. The number of nitrogens with zero attached hydrogens (tertiary/aromatic N) is 1. The van der Waals surface area contributed by atoms with Crippen LogP contribution in [0.15, 0.2) is 59.6 Å². The number of sulfone groups is 1. The van der Waals surface area contributed by atoms with Crippen LogP contribution < -0.4 is 15.4 Å². The van der Waals surface area contributed by atoms with Gasteiger partial charge >= 0.3 is 0 Å². The third kappa shape index (κ3) is 8.56. The van der Waals surface area contributed by atoms with E-state index in [0.717, 1.165) is 29.8 Å². The second-order valence-electron chi connectivity index (χ2n) is 6.68. The van der Waals surface area contributed by atoms with E-state index in [1.54, 1.807) is 7.11 Å². The maximum Gasteiger partial charge on any atom is 0.191 e. The molecule has 0 spiro atoms. The number of rotatable bonds is 11. The third-order valence-electron chi connectivity index (χ3n) is 4.34. The second-order valence-corrected chi connectivity index (χ2v) is 8.86. The molecule has 0 aromatic heterocycles. The van der Waals surface area contributed by atoms with Gasteiger partial charge in [0.1, 0.15) is 5.75 Å². The van der Waals surface area contributed by atoms with Crippen molar-refractivity contribution in [3.05, 3.63) is 65.7 Å². The van der Waals surface area contributed by atoms with Crippen molar-refractivity contribution in [2.45, 2.75) is 25.5 Å². The van der Waals surface area contributed by atoms with Crippen LogP contribution in [0.25, 0.3) is 0 Å². The van der Waals surface area contributed by atoms with Crippen LogP contribution >= 0.6 is 0 Å². The molecular weight excluding hydrogens is 386 g/mol. The molecule has 0 amide bonds. The first kappa shape index (κ1) is 22.7. The Bertz CT molecular complexity index is 868. The van der Waals surface area contributed by atoms with E-state index in [1.807, 2.05) is 61.5 Å². The minimum absolute atomic E-state index is 0.0782. The fraction of sp³-hybridized carbons (Fsp3) is 0.409. The SMILES string of the molecule is CCNC(=NCCCS(=O)(=O)Cc1ccccc1)NCCc1ccccc1OC. The number of benzene rings is 2. The Morgan fingerprint density at radius 2 is 1.76 bits per heavy atom. The summed E-state index contributed by atoms with van der Waals surface area (Å²) >= 11 is 0. The summed E-state index contributed by atoms with van der Waals surface area (Å²) in [6.07, 6.45) is 1.30. The number of methoxy groups -OCH3 is 1. The van der Waals surface area contributed by atoms with Crippen LogP contribution in [0, 0.1) is 0 Å². The molecule has 0 aliphatic rings. The highest BCUT2D eigenvalue weighted by atomic mass is 32.2. The van der Waals surface area contributed by atoms with E-state index in [0.29, 0.717) is 25.5 Å². The number of hydrogen-bond acceptors (Lipinski definition) is 4. The molecule has 0 aliphatic carbocycles. The van der Waals surface area contributed by atoms with Crippen LogP contribution in [-0.4, -0.2) is 46.9 Å². The number of nitrogens with one attached hydrogen (secondary N) is 2. The number of ether oxygens (including phenoxy) is 1. The topological polar surface area (TPSA) is 79.8 Å². The number of guanidine groups is 1. The Labute approximate surface area is 174 Å². The highest BCUT2D eigenvalue weighted by Crippen LogP contribution is 2.17. The lowest BCUT2D eigenvalue weighted by Crippen LogP contribution is -2.38. The van der Waals surface area contributed by atoms with Gasteiger partial charge in [0.05, 0.1) is 18.6 Å². The summed E-state index contributed by atoms with van der Waals surface area (Å²) in [5, 5.41) is 6.48. The Morgan fingerprint density at radius 3 is 2.48 bits per heavy atom. The van der Waals surface area contributed by atoms with E-state index in [9.17, 15) is 8.42 Å². The summed E-state index contributed by atoms with van der Waals surface area (Å²) in [5.41, 5.74) is 1.95. The monoisotopic (exact) mass is 417 g/mol. The fourth-order valence-electron chi connectivity index (χ4n) is 2.94. The molecule has 2 rings (SSSR count). The average Bonchev–Trinajstić information content (AvgIpc) is 2.72. The predicted molar refractivity (Wildman–Crippen MR) is 119 cm³/mol. The van der Waals surface area contributed by atoms with Crippen molar-refractivity contribution < 1.29 is 13.2 Å². The van der Waals surface area contributed by atoms with Crippen molar-refractivity contribution in [1.82, 2.24) is 10.6 Å². The van der Waals surface area contributed by atoms with Crippen LogP contribution in [0.2, 0.25) is 0 Å². The first-order valence-corrected chi connectivity index (χ1v) is 11.7. The molecule has 0 unspecified atom stereocenters. The van der Waals surface area contributed by atoms with Crippen LogP contribution in [0.1, 0.15) is 24.5 Å². The van der Waals surface area contributed by atoms with Gasteiger partial charge in [0.2, 0.25) is 0 Å². The minimum Gasteiger partial charge on any atom is -0.496 e. The van der Waals surface area contributed by atoms with Crippen LogP contribution in [0.5, 0.6) is 5.75 Å². The van der Waals surface area contributed by atoms with Crippen LogP contribution in [-0.2, 0) is 22.0 Å². The van der Waals surface area contributed by atoms with Gasteiger partial charge in [-0.1, -0.05) is 48.5 Å². The van der Waals surface area contributed by atoms with Gasteiger partial charge in [-0.3, -0.25) is 4.99 Å². The molecule has 0 atom stereocenters. The molecule has 0 saturated carbocycles. The van der Waals surface area contributed by atoms with Gasteiger partial charge in [-0.05, 0) is 37.0 Å². The Kier molecular flexibility index (Phi) is 9.50. The summed E-state index contributed by atoms with van der Waals surface area (Å²) < 4.78 is 29.9. The predicted octanol–water partition coefficient (Wildman–Crippen LogP) is 2.80. The summed E-state index contributed by atoms with van der Waals surface area (Å²) in [7, 11) is -1.46. The van der Waals surface area contributed by atoms with E-state index >= 15 is 0 Å². The van der Waals surface area contributed by atoms with Crippen molar-refractivity contribution in [1.29, 1.82) is 0 Å². The Morgan fingerprint density at radius 1 is 1.03 bits per heavy atom. The first-order chi connectivity index (χ1) is 14.0. The lowest BCUT2D eigenvalue weighted by Gasteiger charge is -2.12. The number of hydrogen-bond donors (Lipinski definition) is 2. The van der Waals surface area contributed by atoms with Crippen molar-refractivity contribution in [2.24, 2.45) is 4.99 Å². The molecule has 158 valence electrons. The van der Waals surface area contributed by atoms with Crippen LogP contribution in [0.3, 0.4) is 0 Å². The van der Waals surface area contributed by atoms with Crippen molar-refractivity contribution in [3.8, 4) is 5.75 Å². The number of para-hydroxylation sites is 1.